The normalized spacial score (nSPS) is 16.0. The van der Waals surface area contributed by atoms with Gasteiger partial charge in [0.05, 0.1) is 11.6 Å². The lowest BCUT2D eigenvalue weighted by atomic mass is 9.93. The average molecular weight is 572 g/mol. The van der Waals surface area contributed by atoms with Crippen molar-refractivity contribution in [3.8, 4) is 11.5 Å². The second kappa shape index (κ2) is 11.1. The minimum absolute atomic E-state index is 0. The molecule has 0 amide bonds. The van der Waals surface area contributed by atoms with Crippen LogP contribution in [0.4, 0.5) is 26.3 Å². The summed E-state index contributed by atoms with van der Waals surface area (Å²) in [6, 6.07) is 6.26. The van der Waals surface area contributed by atoms with E-state index in [0.717, 1.165) is 18.2 Å². The van der Waals surface area contributed by atoms with Gasteiger partial charge in [0, 0.05) is 36.2 Å². The lowest BCUT2D eigenvalue weighted by molar-refractivity contribution is -0.274. The van der Waals surface area contributed by atoms with Crippen LogP contribution in [0.5, 0.6) is 11.5 Å². The van der Waals surface area contributed by atoms with E-state index in [1.807, 2.05) is 4.90 Å². The van der Waals surface area contributed by atoms with Gasteiger partial charge in [0.15, 0.2) is 0 Å². The number of hydrogen-bond donors (Lipinski definition) is 2. The van der Waals surface area contributed by atoms with Crippen molar-refractivity contribution in [2.75, 3.05) is 26.2 Å². The quantitative estimate of drug-likeness (QED) is 0.448. The maximum atomic E-state index is 13.4. The van der Waals surface area contributed by atoms with Crippen LogP contribution in [0.1, 0.15) is 22.7 Å². The highest BCUT2D eigenvalue weighted by Crippen LogP contribution is 2.44. The van der Waals surface area contributed by atoms with Gasteiger partial charge in [-0.25, -0.2) is 0 Å². The van der Waals surface area contributed by atoms with Crippen LogP contribution in [-0.4, -0.2) is 42.5 Å². The summed E-state index contributed by atoms with van der Waals surface area (Å²) in [5, 5.41) is 13.6. The topological polar surface area (TPSA) is 44.7 Å². The molecular formula is C19H19BrCl2F6N2O2. The Bertz CT molecular complexity index is 891. The Kier molecular flexibility index (Phi) is 9.98. The fraction of sp³-hybridized carbons (Fsp3) is 0.368. The monoisotopic (exact) mass is 570 g/mol. The summed E-state index contributed by atoms with van der Waals surface area (Å²) in [4.78, 5) is 1.86. The van der Waals surface area contributed by atoms with Crippen molar-refractivity contribution < 1.29 is 36.2 Å². The number of halogens is 9. The number of hydrogen-bond acceptors (Lipinski definition) is 4. The molecule has 1 saturated heterocycles. The Morgan fingerprint density at radius 2 is 1.53 bits per heavy atom. The summed E-state index contributed by atoms with van der Waals surface area (Å²) in [6.45, 7) is 2.09. The number of piperazine rings is 1. The van der Waals surface area contributed by atoms with Gasteiger partial charge in [0.1, 0.15) is 11.5 Å². The van der Waals surface area contributed by atoms with Crippen LogP contribution in [0.25, 0.3) is 0 Å². The Hall–Kier alpha value is -1.40. The number of ether oxygens (including phenoxy) is 1. The van der Waals surface area contributed by atoms with Crippen molar-refractivity contribution in [2.24, 2.45) is 0 Å². The van der Waals surface area contributed by atoms with E-state index in [1.54, 1.807) is 0 Å². The molecule has 3 rings (SSSR count). The highest BCUT2D eigenvalue weighted by atomic mass is 79.9. The minimum atomic E-state index is -4.86. The minimum Gasteiger partial charge on any atom is -0.507 e. The number of alkyl halides is 6. The van der Waals surface area contributed by atoms with E-state index in [4.69, 9.17) is 0 Å². The van der Waals surface area contributed by atoms with E-state index >= 15 is 0 Å². The highest BCUT2D eigenvalue weighted by Gasteiger charge is 2.38. The molecule has 4 nitrogen and oxygen atoms in total. The van der Waals surface area contributed by atoms with Gasteiger partial charge in [-0.05, 0) is 29.8 Å². The summed E-state index contributed by atoms with van der Waals surface area (Å²) in [5.41, 5.74) is -0.764. The first-order valence-electron chi connectivity index (χ1n) is 8.86. The van der Waals surface area contributed by atoms with Crippen LogP contribution >= 0.6 is 40.7 Å². The standard InChI is InChI=1S/C19H17BrF6N2O2.2ClH/c20-12-9-14(17(29)15(10-12)18(21,22)23)16(28-7-5-27-6-8-28)11-1-3-13(4-2-11)30-19(24,25)26;;/h1-4,9-10,16,27,29H,5-8H2;2*1H/t16-;;/m0../s1. The van der Waals surface area contributed by atoms with Gasteiger partial charge in [-0.3, -0.25) is 4.90 Å². The van der Waals surface area contributed by atoms with Gasteiger partial charge in [-0.2, -0.15) is 13.2 Å². The molecular weight excluding hydrogens is 553 g/mol. The first kappa shape index (κ1) is 28.6. The van der Waals surface area contributed by atoms with Gasteiger partial charge >= 0.3 is 12.5 Å². The van der Waals surface area contributed by atoms with Crippen molar-refractivity contribution >= 4 is 40.7 Å². The smallest absolute Gasteiger partial charge is 0.507 e. The third kappa shape index (κ3) is 7.05. The molecule has 2 aromatic carbocycles. The molecule has 180 valence electrons. The van der Waals surface area contributed by atoms with Crippen molar-refractivity contribution in [2.45, 2.75) is 18.6 Å². The number of phenols is 1. The van der Waals surface area contributed by atoms with Crippen LogP contribution in [0.3, 0.4) is 0 Å². The zero-order chi connectivity index (χ0) is 22.1. The van der Waals surface area contributed by atoms with Crippen molar-refractivity contribution in [3.05, 3.63) is 57.6 Å². The first-order valence-corrected chi connectivity index (χ1v) is 9.65. The van der Waals surface area contributed by atoms with Crippen LogP contribution in [-0.2, 0) is 6.18 Å². The molecule has 1 aliphatic rings. The number of nitrogens with one attached hydrogen (secondary N) is 1. The number of aromatic hydroxyl groups is 1. The summed E-state index contributed by atoms with van der Waals surface area (Å²) >= 11 is 3.06. The zero-order valence-corrected chi connectivity index (χ0v) is 19.4. The molecule has 0 spiro atoms. The zero-order valence-electron chi connectivity index (χ0n) is 16.1. The van der Waals surface area contributed by atoms with E-state index in [9.17, 15) is 31.4 Å². The Morgan fingerprint density at radius 3 is 2.03 bits per heavy atom. The molecule has 0 unspecified atom stereocenters. The Morgan fingerprint density at radius 1 is 0.969 bits per heavy atom. The molecule has 0 bridgehead atoms. The average Bonchev–Trinajstić information content (AvgIpc) is 2.64. The number of phenolic OH excluding ortho intramolecular Hbond substituents is 1. The van der Waals surface area contributed by atoms with Gasteiger partial charge in [0.2, 0.25) is 0 Å². The second-order valence-corrected chi connectivity index (χ2v) is 7.61. The van der Waals surface area contributed by atoms with Gasteiger partial charge < -0.3 is 15.2 Å². The number of rotatable bonds is 4. The number of nitrogens with zero attached hydrogens (tertiary/aromatic N) is 1. The molecule has 0 aliphatic carbocycles. The molecule has 1 aliphatic heterocycles. The van der Waals surface area contributed by atoms with Crippen molar-refractivity contribution in [1.29, 1.82) is 0 Å². The van der Waals surface area contributed by atoms with Crippen LogP contribution in [0.15, 0.2) is 40.9 Å². The molecule has 1 atom stereocenters. The molecule has 1 fully saturated rings. The molecule has 1 heterocycles. The molecule has 13 heteroatoms. The molecule has 2 aromatic rings. The maximum Gasteiger partial charge on any atom is 0.573 e. The van der Waals surface area contributed by atoms with E-state index in [1.165, 1.54) is 18.2 Å². The SMILES string of the molecule is Cl.Cl.Oc1c([C@H](c2ccc(OC(F)(F)F)cc2)N2CCNCC2)cc(Br)cc1C(F)(F)F. The third-order valence-corrected chi connectivity index (χ3v) is 5.11. The van der Waals surface area contributed by atoms with E-state index in [0.29, 0.717) is 31.7 Å². The summed E-state index contributed by atoms with van der Waals surface area (Å²) in [7, 11) is 0. The largest absolute Gasteiger partial charge is 0.573 e. The van der Waals surface area contributed by atoms with Crippen LogP contribution < -0.4 is 10.1 Å². The van der Waals surface area contributed by atoms with E-state index in [2.05, 4.69) is 26.0 Å². The van der Waals surface area contributed by atoms with Gasteiger partial charge in [-0.1, -0.05) is 28.1 Å². The third-order valence-electron chi connectivity index (χ3n) is 4.65. The fourth-order valence-electron chi connectivity index (χ4n) is 3.42. The van der Waals surface area contributed by atoms with Crippen molar-refractivity contribution in [3.63, 3.8) is 0 Å². The summed E-state index contributed by atoms with van der Waals surface area (Å²) in [5.74, 6) is -1.36. The van der Waals surface area contributed by atoms with E-state index < -0.39 is 35.6 Å². The lowest BCUT2D eigenvalue weighted by Gasteiger charge is -2.36. The predicted molar refractivity (Wildman–Crippen MR) is 115 cm³/mol. The predicted octanol–water partition coefficient (Wildman–Crippen LogP) is 5.91. The molecule has 2 N–H and O–H groups in total. The first-order chi connectivity index (χ1) is 14.0. The van der Waals surface area contributed by atoms with Crippen LogP contribution in [0, 0.1) is 0 Å². The Balaban J connectivity index is 0.00000256. The number of benzene rings is 2. The fourth-order valence-corrected chi connectivity index (χ4v) is 3.90. The lowest BCUT2D eigenvalue weighted by Crippen LogP contribution is -2.45. The summed E-state index contributed by atoms with van der Waals surface area (Å²) < 4.78 is 81.5. The molecule has 0 saturated carbocycles. The van der Waals surface area contributed by atoms with Crippen molar-refractivity contribution in [1.82, 2.24) is 10.2 Å². The van der Waals surface area contributed by atoms with Crippen LogP contribution in [0.2, 0.25) is 0 Å². The molecule has 0 aromatic heterocycles. The Labute approximate surface area is 200 Å². The van der Waals surface area contributed by atoms with Gasteiger partial charge in [-0.15, -0.1) is 38.0 Å². The van der Waals surface area contributed by atoms with Gasteiger partial charge in [0.25, 0.3) is 0 Å². The second-order valence-electron chi connectivity index (χ2n) is 6.69. The summed E-state index contributed by atoms with van der Waals surface area (Å²) in [6.07, 6.45) is -9.63. The highest BCUT2D eigenvalue weighted by molar-refractivity contribution is 9.10. The maximum absolute atomic E-state index is 13.4. The molecule has 0 radical (unpaired) electrons. The van der Waals surface area contributed by atoms with E-state index in [-0.39, 0.29) is 34.9 Å². The molecule has 32 heavy (non-hydrogen) atoms.